The quantitative estimate of drug-likeness (QED) is 0.0328. The SMILES string of the molecule is CNC1CCC(NC)CC1.CNC1CCCC(NC)C1.CNC1CCCCC1NC.CNCC(C)NC.CNCCCCCCCCCCCCNC.CNCCCNC.CNCCCNC.CNc1ccc(C)cc1NC. The summed E-state index contributed by atoms with van der Waals surface area (Å²) in [5.74, 6) is 0. The van der Waals surface area contributed by atoms with Crippen LogP contribution in [-0.4, -0.2) is 201 Å². The predicted octanol–water partition coefficient (Wildman–Crippen LogP) is 7.06. The summed E-state index contributed by atoms with van der Waals surface area (Å²) in [4.78, 5) is 0. The van der Waals surface area contributed by atoms with Gasteiger partial charge in [0.25, 0.3) is 0 Å². The van der Waals surface area contributed by atoms with Crippen LogP contribution in [0.2, 0.25) is 0 Å². The summed E-state index contributed by atoms with van der Waals surface area (Å²) in [5, 5.41) is 51.0. The largest absolute Gasteiger partial charge is 0.386 e. The highest BCUT2D eigenvalue weighted by atomic mass is 15.0. The van der Waals surface area contributed by atoms with Gasteiger partial charge in [0.1, 0.15) is 0 Å². The van der Waals surface area contributed by atoms with E-state index in [2.05, 4.69) is 159 Å². The fourth-order valence-electron chi connectivity index (χ4n) is 9.60. The summed E-state index contributed by atoms with van der Waals surface area (Å²) >= 11 is 0. The van der Waals surface area contributed by atoms with Crippen LogP contribution in [0, 0.1) is 6.92 Å². The molecule has 3 saturated carbocycles. The zero-order chi connectivity index (χ0) is 59.1. The Balaban J connectivity index is -0.000000407. The van der Waals surface area contributed by atoms with Crippen molar-refractivity contribution in [2.24, 2.45) is 0 Å². The van der Waals surface area contributed by atoms with Gasteiger partial charge in [-0.1, -0.05) is 76.7 Å². The first-order valence-corrected chi connectivity index (χ1v) is 31.6. The molecule has 0 aliphatic heterocycles. The number of hydrogen-bond acceptors (Lipinski definition) is 16. The zero-order valence-electron chi connectivity index (χ0n) is 55.2. The van der Waals surface area contributed by atoms with Crippen LogP contribution >= 0.6 is 0 Å². The molecule has 0 bridgehead atoms. The standard InChI is InChI=1S/C14H32N2.C9H14N2.3C8H18N2.3C5H14N2/c1-15-13-11-9-7-5-3-4-6-8-10-12-14-16-2;1-7-4-5-8(10-2)9(6-7)11-3;1-9-7-3-5-8(10-2)6-4-7;1-9-7-4-3-5-8(6-7)10-2;1-9-7-5-3-4-6-8(7)10-2;1-5(7-3)4-6-2;2*1-6-4-3-5-7-2/h15-16H,3-14H2,1-2H3;4-6,10-11H,1-3H3;3*7-10H,3-6H2,1-2H3;5-7H,4H2,1-3H3;2*6-7H,3-5H2,1-2H3. The number of unbranched alkanes of at least 4 members (excludes halogenated alkanes) is 9. The van der Waals surface area contributed by atoms with Crippen molar-refractivity contribution in [3.05, 3.63) is 23.8 Å². The minimum atomic E-state index is 0.588. The Morgan fingerprint density at radius 2 is 0.705 bits per heavy atom. The summed E-state index contributed by atoms with van der Waals surface area (Å²) < 4.78 is 0. The highest BCUT2D eigenvalue weighted by Gasteiger charge is 2.21. The number of benzene rings is 1. The lowest BCUT2D eigenvalue weighted by Gasteiger charge is -2.30. The number of rotatable bonds is 32. The molecule has 3 aliphatic rings. The van der Waals surface area contributed by atoms with Crippen molar-refractivity contribution in [3.63, 3.8) is 0 Å². The summed E-state index contributed by atoms with van der Waals surface area (Å²) in [6.45, 7) is 12.1. The van der Waals surface area contributed by atoms with E-state index in [9.17, 15) is 0 Å². The van der Waals surface area contributed by atoms with E-state index in [4.69, 9.17) is 0 Å². The number of nitrogens with one attached hydrogen (secondary N) is 16. The smallest absolute Gasteiger partial charge is 0.0575 e. The van der Waals surface area contributed by atoms with Crippen molar-refractivity contribution >= 4 is 11.4 Å². The molecule has 1 aromatic rings. The molecular weight excluding hydrogens is 969 g/mol. The Hall–Kier alpha value is -1.74. The van der Waals surface area contributed by atoms with E-state index in [1.165, 1.54) is 173 Å². The van der Waals surface area contributed by atoms with Gasteiger partial charge in [-0.05, 0) is 253 Å². The van der Waals surface area contributed by atoms with Gasteiger partial charge in [-0.3, -0.25) is 0 Å². The molecule has 78 heavy (non-hydrogen) atoms. The van der Waals surface area contributed by atoms with E-state index in [0.717, 1.165) is 68.3 Å². The topological polar surface area (TPSA) is 192 Å². The molecule has 0 radical (unpaired) electrons. The van der Waals surface area contributed by atoms with Gasteiger partial charge in [-0.2, -0.15) is 0 Å². The number of aryl methyl sites for hydroxylation is 1. The molecule has 3 aliphatic carbocycles. The van der Waals surface area contributed by atoms with Crippen molar-refractivity contribution < 1.29 is 0 Å². The third-order valence-corrected chi connectivity index (χ3v) is 15.1. The highest BCUT2D eigenvalue weighted by Crippen LogP contribution is 2.22. The van der Waals surface area contributed by atoms with E-state index >= 15 is 0 Å². The van der Waals surface area contributed by atoms with E-state index in [1.54, 1.807) is 0 Å². The van der Waals surface area contributed by atoms with Gasteiger partial charge >= 0.3 is 0 Å². The Labute approximate surface area is 487 Å². The summed E-state index contributed by atoms with van der Waals surface area (Å²) in [6.07, 6.45) is 32.8. The van der Waals surface area contributed by atoms with Gasteiger partial charge in [0, 0.05) is 62.9 Å². The van der Waals surface area contributed by atoms with Gasteiger partial charge in [0.05, 0.1) is 11.4 Å². The lowest BCUT2D eigenvalue weighted by atomic mass is 9.91. The lowest BCUT2D eigenvalue weighted by molar-refractivity contribution is 0.309. The molecule has 0 spiro atoms. The molecule has 1 aromatic carbocycles. The first-order chi connectivity index (χ1) is 37.9. The normalized spacial score (nSPS) is 19.7. The zero-order valence-corrected chi connectivity index (χ0v) is 55.2. The summed E-state index contributed by atoms with van der Waals surface area (Å²) in [5.41, 5.74) is 3.55. The number of likely N-dealkylation sites (N-methyl/N-ethyl adjacent to an activating group) is 4. The highest BCUT2D eigenvalue weighted by molar-refractivity contribution is 5.69. The van der Waals surface area contributed by atoms with Crippen molar-refractivity contribution in [1.29, 1.82) is 0 Å². The van der Waals surface area contributed by atoms with E-state index in [1.807, 2.05) is 70.5 Å². The van der Waals surface area contributed by atoms with E-state index < -0.39 is 0 Å². The molecule has 5 unspecified atom stereocenters. The molecule has 0 amide bonds. The van der Waals surface area contributed by atoms with Gasteiger partial charge in [-0.15, -0.1) is 0 Å². The van der Waals surface area contributed by atoms with Gasteiger partial charge in [-0.25, -0.2) is 0 Å². The second-order valence-corrected chi connectivity index (χ2v) is 21.5. The molecule has 470 valence electrons. The Morgan fingerprint density at radius 3 is 0.987 bits per heavy atom. The van der Waals surface area contributed by atoms with Crippen molar-refractivity contribution in [2.75, 3.05) is 169 Å². The summed E-state index contributed by atoms with van der Waals surface area (Å²) in [6, 6.07) is 11.4. The molecule has 4 rings (SSSR count). The van der Waals surface area contributed by atoms with E-state index in [-0.39, 0.29) is 0 Å². The Bertz CT molecular complexity index is 1180. The third kappa shape index (κ3) is 56.1. The molecule has 5 atom stereocenters. The first-order valence-electron chi connectivity index (χ1n) is 31.6. The fourth-order valence-corrected chi connectivity index (χ4v) is 9.60. The van der Waals surface area contributed by atoms with Crippen LogP contribution in [-0.2, 0) is 0 Å². The predicted molar refractivity (Wildman–Crippen MR) is 354 cm³/mol. The van der Waals surface area contributed by atoms with Gasteiger partial charge < -0.3 is 85.1 Å². The first kappa shape index (κ1) is 82.7. The second kappa shape index (κ2) is 67.8. The molecule has 16 nitrogen and oxygen atoms in total. The van der Waals surface area contributed by atoms with Gasteiger partial charge in [0.2, 0.25) is 0 Å². The molecule has 0 saturated heterocycles. The second-order valence-electron chi connectivity index (χ2n) is 21.5. The monoisotopic (exact) mass is 1110 g/mol. The average Bonchev–Trinajstić information content (AvgIpc) is 3.48. The minimum absolute atomic E-state index is 0.588. The van der Waals surface area contributed by atoms with Crippen LogP contribution in [0.1, 0.15) is 167 Å². The maximum atomic E-state index is 3.34. The Kier molecular flexibility index (Phi) is 71.9. The van der Waals surface area contributed by atoms with Gasteiger partial charge in [0.15, 0.2) is 0 Å². The molecule has 0 heterocycles. The van der Waals surface area contributed by atoms with Crippen LogP contribution in [0.4, 0.5) is 11.4 Å². The summed E-state index contributed by atoms with van der Waals surface area (Å²) in [7, 11) is 32.1. The maximum absolute atomic E-state index is 3.34. The van der Waals surface area contributed by atoms with Crippen LogP contribution in [0.15, 0.2) is 18.2 Å². The lowest BCUT2D eigenvalue weighted by Crippen LogP contribution is -2.47. The average molecular weight is 1110 g/mol. The van der Waals surface area contributed by atoms with Crippen LogP contribution < -0.4 is 85.1 Å². The molecule has 16 heteroatoms. The maximum Gasteiger partial charge on any atom is 0.0575 e. The van der Waals surface area contributed by atoms with Crippen molar-refractivity contribution in [1.82, 2.24) is 74.4 Å². The van der Waals surface area contributed by atoms with Crippen LogP contribution in [0.3, 0.4) is 0 Å². The van der Waals surface area contributed by atoms with Crippen LogP contribution in [0.5, 0.6) is 0 Å². The Morgan fingerprint density at radius 1 is 0.359 bits per heavy atom. The number of anilines is 2. The van der Waals surface area contributed by atoms with E-state index in [0.29, 0.717) is 18.1 Å². The third-order valence-electron chi connectivity index (χ3n) is 15.1. The molecule has 3 fully saturated rings. The van der Waals surface area contributed by atoms with Crippen LogP contribution in [0.25, 0.3) is 0 Å². The van der Waals surface area contributed by atoms with Crippen molar-refractivity contribution in [2.45, 2.75) is 210 Å². The minimum Gasteiger partial charge on any atom is -0.386 e. The van der Waals surface area contributed by atoms with Crippen molar-refractivity contribution in [3.8, 4) is 0 Å². The number of hydrogen-bond donors (Lipinski definition) is 16. The fraction of sp³-hybridized carbons (Fsp3) is 0.903. The molecular formula is C62H142N16. The molecule has 0 aromatic heterocycles. The molecule has 16 N–H and O–H groups in total.